The molecule has 0 saturated carbocycles. The first-order valence-electron chi connectivity index (χ1n) is 10.3. The molecule has 0 bridgehead atoms. The number of carbonyl (C=O) groups excluding carboxylic acids is 1. The van der Waals surface area contributed by atoms with Crippen molar-refractivity contribution in [1.29, 1.82) is 0 Å². The fourth-order valence-corrected chi connectivity index (χ4v) is 4.52. The highest BCUT2D eigenvalue weighted by Gasteiger charge is 2.38. The average Bonchev–Trinajstić information content (AvgIpc) is 2.79. The number of ether oxygens (including phenoxy) is 2. The number of nitrogens with zero attached hydrogens (tertiary/aromatic N) is 1. The van der Waals surface area contributed by atoms with E-state index in [-0.39, 0.29) is 24.7 Å². The van der Waals surface area contributed by atoms with Gasteiger partial charge >= 0.3 is 5.97 Å². The zero-order valence-corrected chi connectivity index (χ0v) is 19.1. The van der Waals surface area contributed by atoms with Gasteiger partial charge in [0.15, 0.2) is 0 Å². The lowest BCUT2D eigenvalue weighted by molar-refractivity contribution is -0.145. The van der Waals surface area contributed by atoms with Crippen molar-refractivity contribution in [2.24, 2.45) is 0 Å². The van der Waals surface area contributed by atoms with E-state index in [9.17, 15) is 4.79 Å². The highest BCUT2D eigenvalue weighted by Crippen LogP contribution is 2.46. The molecule has 0 saturated heterocycles. The van der Waals surface area contributed by atoms with E-state index in [1.807, 2.05) is 55.5 Å². The van der Waals surface area contributed by atoms with Crippen LogP contribution in [0.1, 0.15) is 35.8 Å². The van der Waals surface area contributed by atoms with Crippen LogP contribution in [0.15, 0.2) is 77.3 Å². The number of fused-ring (bicyclic) bond motifs is 1. The van der Waals surface area contributed by atoms with Gasteiger partial charge in [-0.1, -0.05) is 64.5 Å². The topological polar surface area (TPSA) is 50.8 Å². The quantitative estimate of drug-likeness (QED) is 0.469. The minimum Gasteiger partial charge on any atom is -0.496 e. The molecule has 0 radical (unpaired) electrons. The molecular weight excluding hydrogens is 456 g/mol. The number of halogens is 1. The molecule has 0 aromatic heterocycles. The summed E-state index contributed by atoms with van der Waals surface area (Å²) in [7, 11) is 1.66. The predicted octanol–water partition coefficient (Wildman–Crippen LogP) is 5.54. The summed E-state index contributed by atoms with van der Waals surface area (Å²) in [6.45, 7) is 2.30. The minimum atomic E-state index is -0.278. The number of nitrogens with one attached hydrogen (secondary N) is 1. The standard InChI is InChI=1S/C25H25BrN2O3/c1-3-31-23(29)16-28-24(17-9-5-4-6-10-17)20-15-18(26)13-14-21(20)27-25(28)19-11-7-8-12-22(19)30-2/h4-15,24-25,27H,3,16H2,1-2H3. The van der Waals surface area contributed by atoms with Gasteiger partial charge in [-0.25, -0.2) is 0 Å². The molecule has 0 aliphatic carbocycles. The van der Waals surface area contributed by atoms with Crippen molar-refractivity contribution in [3.8, 4) is 5.75 Å². The number of esters is 1. The van der Waals surface area contributed by atoms with Crippen LogP contribution in [0.3, 0.4) is 0 Å². The summed E-state index contributed by atoms with van der Waals surface area (Å²) in [5.41, 5.74) is 4.18. The maximum absolute atomic E-state index is 12.7. The van der Waals surface area contributed by atoms with Gasteiger partial charge in [0.1, 0.15) is 11.9 Å². The number of rotatable bonds is 6. The van der Waals surface area contributed by atoms with Crippen molar-refractivity contribution in [2.75, 3.05) is 25.6 Å². The molecule has 4 rings (SSSR count). The van der Waals surface area contributed by atoms with E-state index in [2.05, 4.69) is 50.4 Å². The van der Waals surface area contributed by atoms with Crippen molar-refractivity contribution in [3.05, 3.63) is 94.0 Å². The number of para-hydroxylation sites is 1. The van der Waals surface area contributed by atoms with Gasteiger partial charge in [-0.2, -0.15) is 0 Å². The third-order valence-corrected chi connectivity index (χ3v) is 5.92. The van der Waals surface area contributed by atoms with E-state index in [0.717, 1.165) is 32.6 Å². The number of anilines is 1. The Morgan fingerprint density at radius 3 is 2.52 bits per heavy atom. The lowest BCUT2D eigenvalue weighted by Gasteiger charge is -2.44. The summed E-state index contributed by atoms with van der Waals surface area (Å²) in [6, 6.07) is 24.2. The Morgan fingerprint density at radius 2 is 1.77 bits per heavy atom. The number of hydrogen-bond acceptors (Lipinski definition) is 5. The van der Waals surface area contributed by atoms with E-state index in [1.54, 1.807) is 7.11 Å². The molecule has 160 valence electrons. The van der Waals surface area contributed by atoms with Crippen LogP contribution < -0.4 is 10.1 Å². The van der Waals surface area contributed by atoms with Gasteiger partial charge < -0.3 is 14.8 Å². The van der Waals surface area contributed by atoms with Crippen molar-refractivity contribution in [3.63, 3.8) is 0 Å². The molecule has 2 unspecified atom stereocenters. The molecule has 1 aliphatic rings. The van der Waals surface area contributed by atoms with Crippen molar-refractivity contribution >= 4 is 27.6 Å². The van der Waals surface area contributed by atoms with Crippen LogP contribution in [0, 0.1) is 0 Å². The van der Waals surface area contributed by atoms with Crippen LogP contribution in [0.2, 0.25) is 0 Å². The molecule has 0 spiro atoms. The Bertz CT molecular complexity index is 1060. The molecular formula is C25H25BrN2O3. The zero-order chi connectivity index (χ0) is 21.8. The molecule has 31 heavy (non-hydrogen) atoms. The number of hydrogen-bond donors (Lipinski definition) is 1. The van der Waals surface area contributed by atoms with Gasteiger partial charge in [0.05, 0.1) is 26.3 Å². The third-order valence-electron chi connectivity index (χ3n) is 5.43. The average molecular weight is 481 g/mol. The van der Waals surface area contributed by atoms with Gasteiger partial charge in [0, 0.05) is 15.7 Å². The fourth-order valence-electron chi connectivity index (χ4n) is 4.14. The molecule has 0 amide bonds. The Labute approximate surface area is 191 Å². The van der Waals surface area contributed by atoms with Crippen LogP contribution in [0.5, 0.6) is 5.75 Å². The lowest BCUT2D eigenvalue weighted by Crippen LogP contribution is -2.44. The summed E-state index contributed by atoms with van der Waals surface area (Å²) in [5, 5.41) is 3.63. The van der Waals surface area contributed by atoms with Crippen molar-refractivity contribution in [1.82, 2.24) is 4.90 Å². The van der Waals surface area contributed by atoms with E-state index in [4.69, 9.17) is 9.47 Å². The second-order valence-corrected chi connectivity index (χ2v) is 8.23. The maximum atomic E-state index is 12.7. The highest BCUT2D eigenvalue weighted by molar-refractivity contribution is 9.10. The van der Waals surface area contributed by atoms with Gasteiger partial charge in [-0.05, 0) is 42.3 Å². The first kappa shape index (κ1) is 21.4. The zero-order valence-electron chi connectivity index (χ0n) is 17.5. The summed E-state index contributed by atoms with van der Waals surface area (Å²) in [4.78, 5) is 14.8. The first-order valence-corrected chi connectivity index (χ1v) is 11.1. The van der Waals surface area contributed by atoms with Crippen LogP contribution in [0.25, 0.3) is 0 Å². The molecule has 0 fully saturated rings. The monoisotopic (exact) mass is 480 g/mol. The van der Waals surface area contributed by atoms with E-state index >= 15 is 0 Å². The Morgan fingerprint density at radius 1 is 1.03 bits per heavy atom. The second kappa shape index (κ2) is 9.54. The SMILES string of the molecule is CCOC(=O)CN1C(c2ccccc2OC)Nc2ccc(Br)cc2C1c1ccccc1. The first-order chi connectivity index (χ1) is 15.1. The maximum Gasteiger partial charge on any atom is 0.320 e. The molecule has 2 atom stereocenters. The van der Waals surface area contributed by atoms with Crippen molar-refractivity contribution < 1.29 is 14.3 Å². The van der Waals surface area contributed by atoms with E-state index in [0.29, 0.717) is 6.61 Å². The van der Waals surface area contributed by atoms with Crippen LogP contribution in [-0.4, -0.2) is 31.1 Å². The number of methoxy groups -OCH3 is 1. The van der Waals surface area contributed by atoms with Gasteiger partial charge in [0.25, 0.3) is 0 Å². The largest absolute Gasteiger partial charge is 0.496 e. The molecule has 1 N–H and O–H groups in total. The number of benzene rings is 3. The molecule has 5 nitrogen and oxygen atoms in total. The van der Waals surface area contributed by atoms with Gasteiger partial charge in [-0.15, -0.1) is 0 Å². The summed E-state index contributed by atoms with van der Waals surface area (Å²) in [5.74, 6) is 0.504. The molecule has 3 aromatic carbocycles. The highest BCUT2D eigenvalue weighted by atomic mass is 79.9. The van der Waals surface area contributed by atoms with E-state index < -0.39 is 0 Å². The normalized spacial score (nSPS) is 18.0. The Kier molecular flexibility index (Phi) is 6.59. The summed E-state index contributed by atoms with van der Waals surface area (Å²) < 4.78 is 12.0. The number of carbonyl (C=O) groups is 1. The lowest BCUT2D eigenvalue weighted by atomic mass is 9.91. The third kappa shape index (κ3) is 4.45. The van der Waals surface area contributed by atoms with Crippen molar-refractivity contribution in [2.45, 2.75) is 19.1 Å². The smallest absolute Gasteiger partial charge is 0.320 e. The summed E-state index contributed by atoms with van der Waals surface area (Å²) in [6.07, 6.45) is -0.278. The molecule has 6 heteroatoms. The Balaban J connectivity index is 1.90. The molecule has 1 heterocycles. The molecule has 3 aromatic rings. The van der Waals surface area contributed by atoms with Crippen LogP contribution >= 0.6 is 15.9 Å². The van der Waals surface area contributed by atoms with Crippen LogP contribution in [0.4, 0.5) is 5.69 Å². The second-order valence-electron chi connectivity index (χ2n) is 7.31. The minimum absolute atomic E-state index is 0.134. The Hall–Kier alpha value is -2.83. The fraction of sp³-hybridized carbons (Fsp3) is 0.240. The van der Waals surface area contributed by atoms with Crippen LogP contribution in [-0.2, 0) is 9.53 Å². The van der Waals surface area contributed by atoms with Gasteiger partial charge in [0.2, 0.25) is 0 Å². The van der Waals surface area contributed by atoms with E-state index in [1.165, 1.54) is 0 Å². The predicted molar refractivity (Wildman–Crippen MR) is 125 cm³/mol. The molecule has 1 aliphatic heterocycles. The van der Waals surface area contributed by atoms with Gasteiger partial charge in [-0.3, -0.25) is 9.69 Å². The summed E-state index contributed by atoms with van der Waals surface area (Å²) >= 11 is 3.61.